The van der Waals surface area contributed by atoms with Crippen LogP contribution in [0.15, 0.2) is 185 Å². The molecular weight excluding hydrogens is 599 g/mol. The minimum atomic E-state index is 0.838. The molecule has 0 radical (unpaired) electrons. The monoisotopic (exact) mass is 627 g/mol. The molecule has 3 nitrogen and oxygen atoms in total. The third-order valence-corrected chi connectivity index (χ3v) is 9.62. The normalized spacial score (nSPS) is 11.7. The molecule has 0 fully saturated rings. The molecule has 0 bridgehead atoms. The molecule has 8 aromatic carbocycles. The third-order valence-electron chi connectivity index (χ3n) is 9.62. The van der Waals surface area contributed by atoms with Crippen molar-refractivity contribution in [2.24, 2.45) is 0 Å². The zero-order valence-corrected chi connectivity index (χ0v) is 26.5. The Morgan fingerprint density at radius 3 is 1.71 bits per heavy atom. The molecule has 10 aromatic rings. The van der Waals surface area contributed by atoms with E-state index in [0.717, 1.165) is 94.0 Å². The van der Waals surface area contributed by atoms with E-state index in [2.05, 4.69) is 169 Å². The van der Waals surface area contributed by atoms with Crippen molar-refractivity contribution in [1.29, 1.82) is 0 Å². The Bertz CT molecular complexity index is 2770. The Kier molecular flexibility index (Phi) is 6.18. The first kappa shape index (κ1) is 27.5. The zero-order chi connectivity index (χ0) is 32.3. The number of rotatable bonds is 5. The molecule has 0 aliphatic rings. The first-order valence-electron chi connectivity index (χ1n) is 16.6. The van der Waals surface area contributed by atoms with Crippen molar-refractivity contribution >= 4 is 71.7 Å². The lowest BCUT2D eigenvalue weighted by Crippen LogP contribution is -2.11. The minimum absolute atomic E-state index is 0.838. The van der Waals surface area contributed by atoms with Crippen LogP contribution in [0.25, 0.3) is 76.9 Å². The van der Waals surface area contributed by atoms with Crippen LogP contribution in [0, 0.1) is 0 Å². The summed E-state index contributed by atoms with van der Waals surface area (Å²) in [6.45, 7) is 0. The molecule has 0 saturated heterocycles. The van der Waals surface area contributed by atoms with Crippen LogP contribution in [0.5, 0.6) is 0 Å². The third kappa shape index (κ3) is 4.44. The van der Waals surface area contributed by atoms with Crippen molar-refractivity contribution in [2.45, 2.75) is 0 Å². The highest BCUT2D eigenvalue weighted by Gasteiger charge is 2.24. The Balaban J connectivity index is 1.33. The Hall–Kier alpha value is -6.58. The smallest absolute Gasteiger partial charge is 0.159 e. The van der Waals surface area contributed by atoms with Crippen LogP contribution < -0.4 is 4.90 Å². The molecular formula is C46H29NO2. The van der Waals surface area contributed by atoms with Gasteiger partial charge in [-0.3, -0.25) is 0 Å². The van der Waals surface area contributed by atoms with Gasteiger partial charge >= 0.3 is 0 Å². The van der Waals surface area contributed by atoms with Crippen molar-refractivity contribution in [1.82, 2.24) is 0 Å². The number of nitrogens with zero attached hydrogens (tertiary/aromatic N) is 1. The molecule has 0 saturated carbocycles. The Labute approximate surface area is 282 Å². The van der Waals surface area contributed by atoms with Crippen LogP contribution in [0.2, 0.25) is 0 Å². The van der Waals surface area contributed by atoms with Crippen molar-refractivity contribution in [2.75, 3.05) is 4.90 Å². The van der Waals surface area contributed by atoms with Crippen LogP contribution >= 0.6 is 0 Å². The van der Waals surface area contributed by atoms with Gasteiger partial charge in [0.15, 0.2) is 5.58 Å². The second kappa shape index (κ2) is 11.0. The maximum Gasteiger partial charge on any atom is 0.159 e. The van der Waals surface area contributed by atoms with Crippen molar-refractivity contribution in [3.05, 3.63) is 176 Å². The minimum Gasteiger partial charge on any atom is -0.456 e. The molecule has 3 heteroatoms. The highest BCUT2D eigenvalue weighted by atomic mass is 16.3. The van der Waals surface area contributed by atoms with Gasteiger partial charge in [-0.1, -0.05) is 127 Å². The van der Waals surface area contributed by atoms with E-state index in [9.17, 15) is 0 Å². The summed E-state index contributed by atoms with van der Waals surface area (Å²) in [6, 6.07) is 62.0. The fraction of sp³-hybridized carbons (Fsp3) is 0. The van der Waals surface area contributed by atoms with E-state index >= 15 is 0 Å². The lowest BCUT2D eigenvalue weighted by atomic mass is 9.97. The number of fused-ring (bicyclic) bond motifs is 8. The molecule has 0 N–H and O–H groups in total. The SMILES string of the molecule is c1ccc(-c2cc(-c3ccccc3)cc(N(c3cccc4c3oc3c5ccccc5ccc43)c3cccc4oc5ccccc5c34)c2)cc1. The first-order valence-corrected chi connectivity index (χ1v) is 16.6. The summed E-state index contributed by atoms with van der Waals surface area (Å²) in [7, 11) is 0. The molecule has 0 amide bonds. The van der Waals surface area contributed by atoms with Crippen molar-refractivity contribution in [3.63, 3.8) is 0 Å². The predicted octanol–water partition coefficient (Wildman–Crippen LogP) is 13.4. The molecule has 2 heterocycles. The van der Waals surface area contributed by atoms with Crippen molar-refractivity contribution < 1.29 is 8.83 Å². The highest BCUT2D eigenvalue weighted by molar-refractivity contribution is 6.19. The van der Waals surface area contributed by atoms with Crippen molar-refractivity contribution in [3.8, 4) is 22.3 Å². The molecule has 230 valence electrons. The summed E-state index contributed by atoms with van der Waals surface area (Å²) in [6.07, 6.45) is 0. The number of hydrogen-bond acceptors (Lipinski definition) is 3. The van der Waals surface area contributed by atoms with E-state index in [1.807, 2.05) is 12.1 Å². The number of benzene rings is 8. The largest absolute Gasteiger partial charge is 0.456 e. The summed E-state index contributed by atoms with van der Waals surface area (Å²) in [5.74, 6) is 0. The summed E-state index contributed by atoms with van der Waals surface area (Å²) in [5.41, 5.74) is 11.0. The number of hydrogen-bond donors (Lipinski definition) is 0. The maximum absolute atomic E-state index is 6.97. The van der Waals surface area contributed by atoms with Gasteiger partial charge in [0.1, 0.15) is 16.7 Å². The van der Waals surface area contributed by atoms with Crippen LogP contribution in [-0.2, 0) is 0 Å². The first-order chi connectivity index (χ1) is 24.3. The fourth-order valence-electron chi connectivity index (χ4n) is 7.37. The van der Waals surface area contributed by atoms with Crippen LogP contribution in [-0.4, -0.2) is 0 Å². The molecule has 0 atom stereocenters. The Morgan fingerprint density at radius 1 is 0.347 bits per heavy atom. The molecule has 0 unspecified atom stereocenters. The van der Waals surface area contributed by atoms with E-state index in [0.29, 0.717) is 0 Å². The van der Waals surface area contributed by atoms with E-state index < -0.39 is 0 Å². The molecule has 2 aromatic heterocycles. The lowest BCUT2D eigenvalue weighted by Gasteiger charge is -2.27. The standard InChI is InChI=1S/C46H29NO2/c1-3-13-30(14-4-1)33-27-34(31-15-5-2-6-16-31)29-35(28-33)47(40-21-12-24-43-44(40)39-19-9-10-23-42(39)48-43)41-22-11-20-37-38-26-25-32-17-7-8-18-36(32)45(38)49-46(37)41/h1-29H. The number of para-hydroxylation sites is 2. The summed E-state index contributed by atoms with van der Waals surface area (Å²) < 4.78 is 13.4. The van der Waals surface area contributed by atoms with E-state index in [4.69, 9.17) is 8.83 Å². The second-order valence-electron chi connectivity index (χ2n) is 12.5. The van der Waals surface area contributed by atoms with Crippen LogP contribution in [0.4, 0.5) is 17.1 Å². The van der Waals surface area contributed by atoms with Gasteiger partial charge in [0.2, 0.25) is 0 Å². The van der Waals surface area contributed by atoms with E-state index in [1.54, 1.807) is 0 Å². The van der Waals surface area contributed by atoms with Gasteiger partial charge in [0.25, 0.3) is 0 Å². The summed E-state index contributed by atoms with van der Waals surface area (Å²) in [4.78, 5) is 2.36. The van der Waals surface area contributed by atoms with E-state index in [1.165, 1.54) is 0 Å². The topological polar surface area (TPSA) is 29.5 Å². The molecule has 10 rings (SSSR count). The second-order valence-corrected chi connectivity index (χ2v) is 12.5. The summed E-state index contributed by atoms with van der Waals surface area (Å²) in [5, 5.41) is 6.58. The van der Waals surface area contributed by atoms with Crippen LogP contribution in [0.3, 0.4) is 0 Å². The predicted molar refractivity (Wildman–Crippen MR) is 204 cm³/mol. The highest BCUT2D eigenvalue weighted by Crippen LogP contribution is 2.48. The average Bonchev–Trinajstić information content (AvgIpc) is 3.75. The van der Waals surface area contributed by atoms with Crippen LogP contribution in [0.1, 0.15) is 0 Å². The summed E-state index contributed by atoms with van der Waals surface area (Å²) >= 11 is 0. The van der Waals surface area contributed by atoms with Gasteiger partial charge < -0.3 is 13.7 Å². The molecule has 49 heavy (non-hydrogen) atoms. The van der Waals surface area contributed by atoms with Gasteiger partial charge in [-0.15, -0.1) is 0 Å². The quantitative estimate of drug-likeness (QED) is 0.190. The van der Waals surface area contributed by atoms with Gasteiger partial charge in [-0.05, 0) is 76.2 Å². The fourth-order valence-corrected chi connectivity index (χ4v) is 7.37. The van der Waals surface area contributed by atoms with Gasteiger partial charge in [-0.2, -0.15) is 0 Å². The molecule has 0 spiro atoms. The zero-order valence-electron chi connectivity index (χ0n) is 26.5. The van der Waals surface area contributed by atoms with Gasteiger partial charge in [0, 0.05) is 27.2 Å². The molecule has 0 aliphatic carbocycles. The van der Waals surface area contributed by atoms with E-state index in [-0.39, 0.29) is 0 Å². The number of anilines is 3. The lowest BCUT2D eigenvalue weighted by molar-refractivity contribution is 0.668. The van der Waals surface area contributed by atoms with Gasteiger partial charge in [0.05, 0.1) is 16.8 Å². The number of furan rings is 2. The molecule has 0 aliphatic heterocycles. The average molecular weight is 628 g/mol. The Morgan fingerprint density at radius 2 is 0.939 bits per heavy atom. The van der Waals surface area contributed by atoms with Gasteiger partial charge in [-0.25, -0.2) is 0 Å². The maximum atomic E-state index is 6.97.